The van der Waals surface area contributed by atoms with Crippen LogP contribution in [-0.4, -0.2) is 49.6 Å². The molecule has 2 N–H and O–H groups in total. The third-order valence-electron chi connectivity index (χ3n) is 4.37. The molecular weight excluding hydrogens is 253 g/mol. The van der Waals surface area contributed by atoms with Gasteiger partial charge in [-0.1, -0.05) is 19.1 Å². The van der Waals surface area contributed by atoms with Crippen molar-refractivity contribution < 1.29 is 4.39 Å². The summed E-state index contributed by atoms with van der Waals surface area (Å²) < 4.78 is 12.9. The van der Waals surface area contributed by atoms with E-state index in [0.717, 1.165) is 31.6 Å². The van der Waals surface area contributed by atoms with Gasteiger partial charge in [-0.3, -0.25) is 0 Å². The van der Waals surface area contributed by atoms with Gasteiger partial charge in [-0.2, -0.15) is 0 Å². The van der Waals surface area contributed by atoms with Crippen molar-refractivity contribution in [3.05, 3.63) is 35.6 Å². The van der Waals surface area contributed by atoms with Gasteiger partial charge in [0.05, 0.1) is 0 Å². The molecule has 0 aromatic heterocycles. The summed E-state index contributed by atoms with van der Waals surface area (Å²) in [6, 6.07) is 7.16. The van der Waals surface area contributed by atoms with Gasteiger partial charge in [0.15, 0.2) is 0 Å². The largest absolute Gasteiger partial charge is 0.324 e. The fraction of sp³-hybridized carbons (Fsp3) is 0.625. The Hall–Kier alpha value is -0.970. The summed E-state index contributed by atoms with van der Waals surface area (Å²) in [5.74, 6) is 0.496. The van der Waals surface area contributed by atoms with Gasteiger partial charge in [0.2, 0.25) is 0 Å². The standard InChI is InChI=1S/C16H26FN3/c1-12-10-20(11-16(12)19(2)3)9-8-15(18)13-4-6-14(17)7-5-13/h4-7,12,15-16H,8-11,18H2,1-3H3. The topological polar surface area (TPSA) is 32.5 Å². The molecule has 3 unspecified atom stereocenters. The molecule has 3 atom stereocenters. The van der Waals surface area contributed by atoms with Crippen LogP contribution in [0.25, 0.3) is 0 Å². The van der Waals surface area contributed by atoms with Crippen LogP contribution in [0, 0.1) is 11.7 Å². The van der Waals surface area contributed by atoms with Crippen LogP contribution >= 0.6 is 0 Å². The summed E-state index contributed by atoms with van der Waals surface area (Å²) >= 11 is 0. The molecule has 1 aromatic carbocycles. The lowest BCUT2D eigenvalue weighted by atomic mass is 10.0. The highest BCUT2D eigenvalue weighted by Gasteiger charge is 2.30. The summed E-state index contributed by atoms with van der Waals surface area (Å²) in [7, 11) is 4.30. The Kier molecular flexibility index (Phi) is 5.13. The van der Waals surface area contributed by atoms with Gasteiger partial charge in [0.1, 0.15) is 5.82 Å². The Labute approximate surface area is 121 Å². The van der Waals surface area contributed by atoms with Crippen molar-refractivity contribution in [1.29, 1.82) is 0 Å². The van der Waals surface area contributed by atoms with E-state index < -0.39 is 0 Å². The second-order valence-electron chi connectivity index (χ2n) is 6.21. The minimum Gasteiger partial charge on any atom is -0.324 e. The van der Waals surface area contributed by atoms with Crippen molar-refractivity contribution in [2.75, 3.05) is 33.7 Å². The Morgan fingerprint density at radius 2 is 1.95 bits per heavy atom. The molecule has 0 amide bonds. The SMILES string of the molecule is CC1CN(CCC(N)c2ccc(F)cc2)CC1N(C)C. The van der Waals surface area contributed by atoms with Crippen LogP contribution < -0.4 is 5.73 Å². The Balaban J connectivity index is 1.82. The molecule has 1 aliphatic rings. The molecule has 0 radical (unpaired) electrons. The van der Waals surface area contributed by atoms with Crippen LogP contribution in [0.5, 0.6) is 0 Å². The van der Waals surface area contributed by atoms with Gasteiger partial charge in [-0.05, 0) is 44.1 Å². The van der Waals surface area contributed by atoms with Gasteiger partial charge in [0, 0.05) is 31.7 Å². The first-order chi connectivity index (χ1) is 9.47. The highest BCUT2D eigenvalue weighted by molar-refractivity contribution is 5.19. The maximum atomic E-state index is 12.9. The number of rotatable bonds is 5. The number of likely N-dealkylation sites (N-methyl/N-ethyl adjacent to an activating group) is 1. The minimum atomic E-state index is -0.205. The second-order valence-corrected chi connectivity index (χ2v) is 6.21. The lowest BCUT2D eigenvalue weighted by molar-refractivity contribution is 0.250. The maximum Gasteiger partial charge on any atom is 0.123 e. The smallest absolute Gasteiger partial charge is 0.123 e. The van der Waals surface area contributed by atoms with E-state index in [9.17, 15) is 4.39 Å². The van der Waals surface area contributed by atoms with Crippen molar-refractivity contribution in [3.63, 3.8) is 0 Å². The number of nitrogens with two attached hydrogens (primary N) is 1. The average molecular weight is 279 g/mol. The molecule has 0 bridgehead atoms. The van der Waals surface area contributed by atoms with Crippen LogP contribution in [0.1, 0.15) is 24.9 Å². The number of hydrogen-bond acceptors (Lipinski definition) is 3. The molecule has 1 saturated heterocycles. The first-order valence-electron chi connectivity index (χ1n) is 7.37. The fourth-order valence-corrected chi connectivity index (χ4v) is 3.10. The van der Waals surface area contributed by atoms with Gasteiger partial charge in [-0.25, -0.2) is 4.39 Å². The van der Waals surface area contributed by atoms with Gasteiger partial charge in [-0.15, -0.1) is 0 Å². The monoisotopic (exact) mass is 279 g/mol. The predicted octanol–water partition coefficient (Wildman–Crippen LogP) is 2.10. The van der Waals surface area contributed by atoms with E-state index in [1.165, 1.54) is 12.1 Å². The van der Waals surface area contributed by atoms with Gasteiger partial charge < -0.3 is 15.5 Å². The zero-order chi connectivity index (χ0) is 14.7. The summed E-state index contributed by atoms with van der Waals surface area (Å²) in [5, 5.41) is 0. The van der Waals surface area contributed by atoms with E-state index >= 15 is 0 Å². The molecule has 3 nitrogen and oxygen atoms in total. The molecule has 1 heterocycles. The maximum absolute atomic E-state index is 12.9. The van der Waals surface area contributed by atoms with Gasteiger partial charge in [0.25, 0.3) is 0 Å². The normalized spacial score (nSPS) is 25.3. The summed E-state index contributed by atoms with van der Waals surface area (Å²) in [6.45, 7) is 5.57. The predicted molar refractivity (Wildman–Crippen MR) is 81.0 cm³/mol. The number of nitrogens with zero attached hydrogens (tertiary/aromatic N) is 2. The molecule has 1 aromatic rings. The summed E-state index contributed by atoms with van der Waals surface area (Å²) in [5.41, 5.74) is 7.21. The molecule has 0 aliphatic carbocycles. The van der Waals surface area contributed by atoms with Crippen LogP contribution in [0.15, 0.2) is 24.3 Å². The van der Waals surface area contributed by atoms with E-state index in [2.05, 4.69) is 30.8 Å². The van der Waals surface area contributed by atoms with Crippen molar-refractivity contribution in [2.45, 2.75) is 25.4 Å². The highest BCUT2D eigenvalue weighted by atomic mass is 19.1. The molecule has 1 fully saturated rings. The van der Waals surface area contributed by atoms with E-state index in [1.54, 1.807) is 12.1 Å². The fourth-order valence-electron chi connectivity index (χ4n) is 3.10. The Bertz CT molecular complexity index is 418. The number of likely N-dealkylation sites (tertiary alicyclic amines) is 1. The molecule has 1 aliphatic heterocycles. The van der Waals surface area contributed by atoms with E-state index in [4.69, 9.17) is 5.73 Å². The van der Waals surface area contributed by atoms with E-state index in [0.29, 0.717) is 12.0 Å². The molecule has 4 heteroatoms. The zero-order valence-electron chi connectivity index (χ0n) is 12.7. The third-order valence-corrected chi connectivity index (χ3v) is 4.37. The van der Waals surface area contributed by atoms with Crippen LogP contribution in [0.3, 0.4) is 0 Å². The van der Waals surface area contributed by atoms with Crippen LogP contribution in [0.4, 0.5) is 4.39 Å². The lowest BCUT2D eigenvalue weighted by Crippen LogP contribution is -2.34. The van der Waals surface area contributed by atoms with Crippen molar-refractivity contribution in [1.82, 2.24) is 9.80 Å². The third kappa shape index (κ3) is 3.78. The zero-order valence-corrected chi connectivity index (χ0v) is 12.7. The lowest BCUT2D eigenvalue weighted by Gasteiger charge is -2.23. The molecule has 112 valence electrons. The highest BCUT2D eigenvalue weighted by Crippen LogP contribution is 2.22. The minimum absolute atomic E-state index is 0.00990. The van der Waals surface area contributed by atoms with Crippen molar-refractivity contribution in [3.8, 4) is 0 Å². The number of benzene rings is 1. The van der Waals surface area contributed by atoms with Crippen molar-refractivity contribution >= 4 is 0 Å². The van der Waals surface area contributed by atoms with Gasteiger partial charge >= 0.3 is 0 Å². The average Bonchev–Trinajstić information content (AvgIpc) is 2.78. The Morgan fingerprint density at radius 3 is 2.50 bits per heavy atom. The van der Waals surface area contributed by atoms with E-state index in [-0.39, 0.29) is 11.9 Å². The first-order valence-corrected chi connectivity index (χ1v) is 7.37. The Morgan fingerprint density at radius 1 is 1.30 bits per heavy atom. The van der Waals surface area contributed by atoms with Crippen LogP contribution in [0.2, 0.25) is 0 Å². The molecule has 0 spiro atoms. The first kappa shape index (κ1) is 15.4. The molecule has 20 heavy (non-hydrogen) atoms. The van der Waals surface area contributed by atoms with E-state index in [1.807, 2.05) is 0 Å². The van der Waals surface area contributed by atoms with Crippen molar-refractivity contribution in [2.24, 2.45) is 11.7 Å². The van der Waals surface area contributed by atoms with Crippen LogP contribution in [-0.2, 0) is 0 Å². The second kappa shape index (κ2) is 6.66. The number of hydrogen-bond donors (Lipinski definition) is 1. The quantitative estimate of drug-likeness (QED) is 0.896. The summed E-state index contributed by atoms with van der Waals surface area (Å²) in [4.78, 5) is 4.79. The molecule has 0 saturated carbocycles. The molecule has 2 rings (SSSR count). The molecular formula is C16H26FN3. The summed E-state index contributed by atoms with van der Waals surface area (Å²) in [6.07, 6.45) is 0.915. The number of halogens is 1.